The zero-order valence-electron chi connectivity index (χ0n) is 14.7. The van der Waals surface area contributed by atoms with Gasteiger partial charge < -0.3 is 15.0 Å². The summed E-state index contributed by atoms with van der Waals surface area (Å²) in [6.45, 7) is 1.71. The first-order chi connectivity index (χ1) is 12.6. The number of esters is 1. The summed E-state index contributed by atoms with van der Waals surface area (Å²) in [4.78, 5) is 26.9. The largest absolute Gasteiger partial charge is 0.456 e. The van der Waals surface area contributed by atoms with Crippen molar-refractivity contribution in [2.24, 2.45) is 0 Å². The molecule has 0 unspecified atom stereocenters. The number of carbonyl (C=O) groups excluding carboxylic acids is 2. The maximum atomic E-state index is 11.8. The smallest absolute Gasteiger partial charge is 0.306 e. The first-order valence-electron chi connectivity index (χ1n) is 8.69. The Kier molecular flexibility index (Phi) is 5.69. The van der Waals surface area contributed by atoms with Crippen LogP contribution in [0.1, 0.15) is 24.0 Å². The Labute approximate surface area is 152 Å². The Morgan fingerprint density at radius 1 is 1.08 bits per heavy atom. The second kappa shape index (κ2) is 8.34. The van der Waals surface area contributed by atoms with Crippen LogP contribution in [0, 0.1) is 6.92 Å². The van der Waals surface area contributed by atoms with Crippen molar-refractivity contribution >= 4 is 28.5 Å². The van der Waals surface area contributed by atoms with E-state index in [1.54, 1.807) is 0 Å². The first-order valence-corrected chi connectivity index (χ1v) is 8.69. The molecule has 1 aromatic heterocycles. The van der Waals surface area contributed by atoms with E-state index in [1.165, 1.54) is 10.9 Å². The third-order valence-electron chi connectivity index (χ3n) is 4.20. The number of amides is 1. The Morgan fingerprint density at radius 3 is 2.65 bits per heavy atom. The van der Waals surface area contributed by atoms with Gasteiger partial charge in [-0.3, -0.25) is 9.59 Å². The highest BCUT2D eigenvalue weighted by Crippen LogP contribution is 2.19. The number of fused-ring (bicyclic) bond motifs is 1. The van der Waals surface area contributed by atoms with E-state index in [0.717, 1.165) is 17.5 Å². The number of para-hydroxylation sites is 1. The molecule has 3 aromatic rings. The van der Waals surface area contributed by atoms with Crippen molar-refractivity contribution in [3.8, 4) is 0 Å². The van der Waals surface area contributed by atoms with Crippen molar-refractivity contribution in [2.75, 3.05) is 11.9 Å². The summed E-state index contributed by atoms with van der Waals surface area (Å²) in [5.41, 5.74) is 4.09. The molecule has 0 aliphatic heterocycles. The maximum Gasteiger partial charge on any atom is 0.306 e. The van der Waals surface area contributed by atoms with Gasteiger partial charge in [-0.1, -0.05) is 35.9 Å². The van der Waals surface area contributed by atoms with E-state index in [2.05, 4.69) is 16.4 Å². The number of benzene rings is 2. The summed E-state index contributed by atoms with van der Waals surface area (Å²) in [6.07, 6.45) is 3.73. The quantitative estimate of drug-likeness (QED) is 0.633. The van der Waals surface area contributed by atoms with Gasteiger partial charge in [0.2, 0.25) is 0 Å². The van der Waals surface area contributed by atoms with E-state index >= 15 is 0 Å². The summed E-state index contributed by atoms with van der Waals surface area (Å²) < 4.78 is 5.05. The van der Waals surface area contributed by atoms with Crippen LogP contribution in [0.15, 0.2) is 54.7 Å². The molecule has 0 saturated carbocycles. The molecule has 0 bridgehead atoms. The molecule has 26 heavy (non-hydrogen) atoms. The molecular weight excluding hydrogens is 328 g/mol. The van der Waals surface area contributed by atoms with E-state index in [9.17, 15) is 9.59 Å². The molecular formula is C21H22N2O3. The van der Waals surface area contributed by atoms with Crippen molar-refractivity contribution in [3.63, 3.8) is 0 Å². The van der Waals surface area contributed by atoms with Gasteiger partial charge in [0.1, 0.15) is 0 Å². The summed E-state index contributed by atoms with van der Waals surface area (Å²) in [5.74, 6) is -0.692. The number of aryl methyl sites for hydroxylation is 2. The number of aromatic amines is 1. The minimum atomic E-state index is -0.358. The van der Waals surface area contributed by atoms with Gasteiger partial charge in [0.15, 0.2) is 6.61 Å². The number of aromatic nitrogens is 1. The van der Waals surface area contributed by atoms with Crippen LogP contribution in [0.3, 0.4) is 0 Å². The van der Waals surface area contributed by atoms with Crippen LogP contribution in [0.4, 0.5) is 5.69 Å². The molecule has 3 rings (SSSR count). The maximum absolute atomic E-state index is 11.8. The number of ether oxygens (including phenoxy) is 1. The zero-order valence-corrected chi connectivity index (χ0v) is 14.7. The van der Waals surface area contributed by atoms with Crippen molar-refractivity contribution in [3.05, 3.63) is 65.9 Å². The first kappa shape index (κ1) is 17.7. The predicted octanol–water partition coefficient (Wildman–Crippen LogP) is 3.98. The molecule has 1 amide bonds. The van der Waals surface area contributed by atoms with Gasteiger partial charge in [0, 0.05) is 29.2 Å². The zero-order chi connectivity index (χ0) is 18.4. The Morgan fingerprint density at radius 2 is 1.85 bits per heavy atom. The van der Waals surface area contributed by atoms with Crippen molar-refractivity contribution < 1.29 is 14.3 Å². The number of hydrogen-bond donors (Lipinski definition) is 2. The molecule has 5 nitrogen and oxygen atoms in total. The van der Waals surface area contributed by atoms with Gasteiger partial charge in [-0.15, -0.1) is 0 Å². The molecule has 0 spiro atoms. The molecule has 5 heteroatoms. The highest BCUT2D eigenvalue weighted by molar-refractivity contribution is 5.92. The number of nitrogens with one attached hydrogen (secondary N) is 2. The number of anilines is 1. The van der Waals surface area contributed by atoms with E-state index < -0.39 is 0 Å². The lowest BCUT2D eigenvalue weighted by Crippen LogP contribution is -2.20. The summed E-state index contributed by atoms with van der Waals surface area (Å²) in [5, 5.41) is 3.88. The minimum absolute atomic E-state index is 0.264. The Balaban J connectivity index is 1.38. The normalized spacial score (nSPS) is 10.7. The Hall–Kier alpha value is -3.08. The average Bonchev–Trinajstić information content (AvgIpc) is 3.05. The molecule has 2 aromatic carbocycles. The van der Waals surface area contributed by atoms with Crippen molar-refractivity contribution in [1.29, 1.82) is 0 Å². The molecule has 0 radical (unpaired) electrons. The lowest BCUT2D eigenvalue weighted by atomic mass is 10.1. The topological polar surface area (TPSA) is 71.2 Å². The van der Waals surface area contributed by atoms with Gasteiger partial charge in [0.25, 0.3) is 5.91 Å². The highest BCUT2D eigenvalue weighted by atomic mass is 16.5. The average molecular weight is 350 g/mol. The van der Waals surface area contributed by atoms with Crippen LogP contribution in [-0.2, 0) is 20.7 Å². The molecule has 0 aliphatic carbocycles. The van der Waals surface area contributed by atoms with E-state index in [0.29, 0.717) is 12.1 Å². The molecule has 0 atom stereocenters. The van der Waals surface area contributed by atoms with Crippen LogP contribution in [-0.4, -0.2) is 23.5 Å². The third kappa shape index (κ3) is 4.72. The van der Waals surface area contributed by atoms with Crippen LogP contribution < -0.4 is 5.32 Å². The fourth-order valence-electron chi connectivity index (χ4n) is 2.81. The number of rotatable bonds is 7. The van der Waals surface area contributed by atoms with Crippen LogP contribution in [0.2, 0.25) is 0 Å². The second-order valence-electron chi connectivity index (χ2n) is 6.29. The van der Waals surface area contributed by atoms with Gasteiger partial charge in [-0.25, -0.2) is 0 Å². The van der Waals surface area contributed by atoms with Crippen molar-refractivity contribution in [2.45, 2.75) is 26.2 Å². The van der Waals surface area contributed by atoms with Gasteiger partial charge in [0.05, 0.1) is 0 Å². The monoisotopic (exact) mass is 350 g/mol. The molecule has 2 N–H and O–H groups in total. The molecule has 1 heterocycles. The molecule has 0 saturated heterocycles. The van der Waals surface area contributed by atoms with Crippen LogP contribution in [0.25, 0.3) is 10.9 Å². The lowest BCUT2D eigenvalue weighted by molar-refractivity contribution is -0.147. The third-order valence-corrected chi connectivity index (χ3v) is 4.20. The highest BCUT2D eigenvalue weighted by Gasteiger charge is 2.09. The molecule has 134 valence electrons. The predicted molar refractivity (Wildman–Crippen MR) is 102 cm³/mol. The van der Waals surface area contributed by atoms with Crippen LogP contribution >= 0.6 is 0 Å². The standard InChI is InChI=1S/C21H22N2O3/c1-15-9-11-17(12-10-15)23-20(24)14-26-21(25)8-4-5-16-13-22-19-7-3-2-6-18(16)19/h2-3,6-7,9-13,22H,4-5,8,14H2,1H3,(H,23,24). The van der Waals surface area contributed by atoms with Crippen molar-refractivity contribution in [1.82, 2.24) is 4.98 Å². The number of H-pyrrole nitrogens is 1. The van der Waals surface area contributed by atoms with Gasteiger partial charge in [-0.05, 0) is 43.5 Å². The van der Waals surface area contributed by atoms with E-state index in [-0.39, 0.29) is 24.9 Å². The Bertz CT molecular complexity index is 897. The summed E-state index contributed by atoms with van der Waals surface area (Å²) in [6, 6.07) is 15.5. The minimum Gasteiger partial charge on any atom is -0.456 e. The summed E-state index contributed by atoms with van der Waals surface area (Å²) in [7, 11) is 0. The lowest BCUT2D eigenvalue weighted by Gasteiger charge is -2.07. The fourth-order valence-corrected chi connectivity index (χ4v) is 2.81. The molecule has 0 aliphatic rings. The fraction of sp³-hybridized carbons (Fsp3) is 0.238. The van der Waals surface area contributed by atoms with E-state index in [4.69, 9.17) is 4.74 Å². The number of hydrogen-bond acceptors (Lipinski definition) is 3. The van der Waals surface area contributed by atoms with Gasteiger partial charge >= 0.3 is 5.97 Å². The SMILES string of the molecule is Cc1ccc(NC(=O)COC(=O)CCCc2c[nH]c3ccccc23)cc1. The van der Waals surface area contributed by atoms with Crippen LogP contribution in [0.5, 0.6) is 0 Å². The second-order valence-corrected chi connectivity index (χ2v) is 6.29. The summed E-state index contributed by atoms with van der Waals surface area (Å²) >= 11 is 0. The van der Waals surface area contributed by atoms with Gasteiger partial charge in [-0.2, -0.15) is 0 Å². The number of carbonyl (C=O) groups is 2. The van der Waals surface area contributed by atoms with E-state index in [1.807, 2.05) is 55.6 Å². The molecule has 0 fully saturated rings.